The summed E-state index contributed by atoms with van der Waals surface area (Å²) in [5, 5.41) is 0. The summed E-state index contributed by atoms with van der Waals surface area (Å²) in [4.78, 5) is 37.3. The molecule has 0 radical (unpaired) electrons. The monoisotopic (exact) mass is 320 g/mol. The van der Waals surface area contributed by atoms with E-state index in [1.807, 2.05) is 61.5 Å². The Balaban J connectivity index is 1.71. The fourth-order valence-corrected chi connectivity index (χ4v) is 3.30. The molecule has 0 bridgehead atoms. The van der Waals surface area contributed by atoms with Crippen molar-refractivity contribution in [2.24, 2.45) is 5.92 Å². The highest BCUT2D eigenvalue weighted by Gasteiger charge is 2.40. The number of aryl methyl sites for hydroxylation is 1. The number of benzene rings is 2. The van der Waals surface area contributed by atoms with Crippen LogP contribution in [0.2, 0.25) is 0 Å². The molecule has 3 heteroatoms. The van der Waals surface area contributed by atoms with E-state index in [-0.39, 0.29) is 42.5 Å². The van der Waals surface area contributed by atoms with Gasteiger partial charge in [-0.1, -0.05) is 60.2 Å². The van der Waals surface area contributed by atoms with Gasteiger partial charge in [0.05, 0.1) is 0 Å². The summed E-state index contributed by atoms with van der Waals surface area (Å²) in [6.45, 7) is 1.98. The van der Waals surface area contributed by atoms with Crippen molar-refractivity contribution in [1.82, 2.24) is 0 Å². The third kappa shape index (κ3) is 3.51. The second-order valence-electron chi connectivity index (χ2n) is 6.51. The van der Waals surface area contributed by atoms with Crippen molar-refractivity contribution >= 4 is 17.3 Å². The Labute approximate surface area is 141 Å². The van der Waals surface area contributed by atoms with Crippen molar-refractivity contribution in [3.8, 4) is 0 Å². The quantitative estimate of drug-likeness (QED) is 0.811. The summed E-state index contributed by atoms with van der Waals surface area (Å²) in [6, 6.07) is 17.2. The number of carbonyl (C=O) groups excluding carboxylic acids is 3. The van der Waals surface area contributed by atoms with Crippen LogP contribution in [0.3, 0.4) is 0 Å². The topological polar surface area (TPSA) is 51.2 Å². The number of rotatable bonds is 4. The zero-order valence-electron chi connectivity index (χ0n) is 13.7. The van der Waals surface area contributed by atoms with E-state index >= 15 is 0 Å². The van der Waals surface area contributed by atoms with Gasteiger partial charge in [-0.3, -0.25) is 14.4 Å². The number of ketones is 3. The fourth-order valence-electron chi connectivity index (χ4n) is 3.30. The summed E-state index contributed by atoms with van der Waals surface area (Å²) in [5.74, 6) is -1.93. The smallest absolute Gasteiger partial charge is 0.155 e. The van der Waals surface area contributed by atoms with Crippen molar-refractivity contribution in [3.05, 3.63) is 71.3 Å². The van der Waals surface area contributed by atoms with Gasteiger partial charge in [-0.15, -0.1) is 0 Å². The summed E-state index contributed by atoms with van der Waals surface area (Å²) >= 11 is 0. The molecule has 0 aromatic heterocycles. The average molecular weight is 320 g/mol. The van der Waals surface area contributed by atoms with Crippen molar-refractivity contribution in [1.29, 1.82) is 0 Å². The maximum absolute atomic E-state index is 12.5. The molecule has 122 valence electrons. The Hall–Kier alpha value is -2.55. The predicted octanol–water partition coefficient (Wildman–Crippen LogP) is 3.44. The van der Waals surface area contributed by atoms with E-state index in [2.05, 4.69) is 0 Å². The van der Waals surface area contributed by atoms with Crippen LogP contribution in [0, 0.1) is 12.8 Å². The highest BCUT2D eigenvalue weighted by atomic mass is 16.2. The van der Waals surface area contributed by atoms with Gasteiger partial charge in [-0.25, -0.2) is 0 Å². The number of hydrogen-bond donors (Lipinski definition) is 0. The lowest BCUT2D eigenvalue weighted by Crippen LogP contribution is -2.38. The molecule has 1 saturated carbocycles. The van der Waals surface area contributed by atoms with Gasteiger partial charge in [0.15, 0.2) is 17.3 Å². The summed E-state index contributed by atoms with van der Waals surface area (Å²) in [6.07, 6.45) is 0.665. The van der Waals surface area contributed by atoms with E-state index in [0.717, 1.165) is 16.7 Å². The van der Waals surface area contributed by atoms with E-state index in [9.17, 15) is 14.4 Å². The molecule has 1 fully saturated rings. The van der Waals surface area contributed by atoms with E-state index < -0.39 is 5.92 Å². The molecule has 0 heterocycles. The molecule has 3 nitrogen and oxygen atoms in total. The van der Waals surface area contributed by atoms with Crippen LogP contribution in [-0.4, -0.2) is 17.3 Å². The molecular formula is C21H20O3. The van der Waals surface area contributed by atoms with Gasteiger partial charge in [-0.05, 0) is 24.0 Å². The van der Waals surface area contributed by atoms with Crippen LogP contribution < -0.4 is 0 Å². The molecule has 2 aromatic rings. The standard InChI is InChI=1S/C21H20O3/c1-14-7-9-15(10-8-14)11-18(22)21-19(23)12-17(13-20(21)24)16-5-3-2-4-6-16/h2-10,17,21H,11-13H2,1H3. The largest absolute Gasteiger partial charge is 0.298 e. The van der Waals surface area contributed by atoms with Gasteiger partial charge >= 0.3 is 0 Å². The van der Waals surface area contributed by atoms with Gasteiger partial charge in [0.1, 0.15) is 5.92 Å². The number of hydrogen-bond acceptors (Lipinski definition) is 3. The minimum absolute atomic E-state index is 0.102. The van der Waals surface area contributed by atoms with Crippen LogP contribution in [0.1, 0.15) is 35.4 Å². The molecule has 0 spiro atoms. The molecule has 1 aliphatic rings. The third-order valence-corrected chi connectivity index (χ3v) is 4.63. The summed E-state index contributed by atoms with van der Waals surface area (Å²) in [5.41, 5.74) is 2.95. The summed E-state index contributed by atoms with van der Waals surface area (Å²) < 4.78 is 0. The zero-order chi connectivity index (χ0) is 17.1. The molecule has 0 amide bonds. The van der Waals surface area contributed by atoms with E-state index in [0.29, 0.717) is 0 Å². The number of Topliss-reactive ketones (excluding diaryl/α,β-unsaturated/α-hetero) is 3. The van der Waals surface area contributed by atoms with Crippen molar-refractivity contribution in [3.63, 3.8) is 0 Å². The van der Waals surface area contributed by atoms with Gasteiger partial charge in [0.2, 0.25) is 0 Å². The molecule has 0 N–H and O–H groups in total. The molecule has 0 atom stereocenters. The van der Waals surface area contributed by atoms with Crippen LogP contribution in [0.4, 0.5) is 0 Å². The highest BCUT2D eigenvalue weighted by Crippen LogP contribution is 2.32. The Morgan fingerprint density at radius 3 is 2.08 bits per heavy atom. The second-order valence-corrected chi connectivity index (χ2v) is 6.51. The fraction of sp³-hybridized carbons (Fsp3) is 0.286. The number of carbonyl (C=O) groups is 3. The lowest BCUT2D eigenvalue weighted by molar-refractivity contribution is -0.142. The van der Waals surface area contributed by atoms with Crippen molar-refractivity contribution in [2.75, 3.05) is 0 Å². The first-order chi connectivity index (χ1) is 11.5. The molecule has 0 unspecified atom stereocenters. The maximum atomic E-state index is 12.5. The lowest BCUT2D eigenvalue weighted by atomic mass is 9.74. The average Bonchev–Trinajstić information content (AvgIpc) is 2.57. The third-order valence-electron chi connectivity index (χ3n) is 4.63. The first-order valence-corrected chi connectivity index (χ1v) is 8.23. The molecule has 2 aromatic carbocycles. The van der Waals surface area contributed by atoms with Gasteiger partial charge in [-0.2, -0.15) is 0 Å². The van der Waals surface area contributed by atoms with E-state index in [1.165, 1.54) is 0 Å². The van der Waals surface area contributed by atoms with Gasteiger partial charge in [0, 0.05) is 19.3 Å². The van der Waals surface area contributed by atoms with Crippen LogP contribution in [0.25, 0.3) is 0 Å². The second kappa shape index (κ2) is 6.91. The van der Waals surface area contributed by atoms with Crippen LogP contribution in [0.5, 0.6) is 0 Å². The maximum Gasteiger partial charge on any atom is 0.155 e. The van der Waals surface area contributed by atoms with Gasteiger partial charge < -0.3 is 0 Å². The van der Waals surface area contributed by atoms with E-state index in [1.54, 1.807) is 0 Å². The van der Waals surface area contributed by atoms with Crippen molar-refractivity contribution < 1.29 is 14.4 Å². The van der Waals surface area contributed by atoms with Crippen LogP contribution in [0.15, 0.2) is 54.6 Å². The predicted molar refractivity (Wildman–Crippen MR) is 91.8 cm³/mol. The van der Waals surface area contributed by atoms with Crippen LogP contribution in [-0.2, 0) is 20.8 Å². The lowest BCUT2D eigenvalue weighted by Gasteiger charge is -2.26. The highest BCUT2D eigenvalue weighted by molar-refractivity contribution is 6.21. The molecule has 3 rings (SSSR count). The Bertz CT molecular complexity index is 741. The molecule has 0 aliphatic heterocycles. The Morgan fingerprint density at radius 2 is 1.50 bits per heavy atom. The normalized spacial score (nSPS) is 20.9. The zero-order valence-corrected chi connectivity index (χ0v) is 13.7. The molecule has 24 heavy (non-hydrogen) atoms. The van der Waals surface area contributed by atoms with Crippen molar-refractivity contribution in [2.45, 2.75) is 32.1 Å². The minimum Gasteiger partial charge on any atom is -0.298 e. The van der Waals surface area contributed by atoms with Gasteiger partial charge in [0.25, 0.3) is 0 Å². The SMILES string of the molecule is Cc1ccc(CC(=O)C2C(=O)CC(c3ccccc3)CC2=O)cc1. The molecular weight excluding hydrogens is 300 g/mol. The first kappa shape index (κ1) is 16.3. The summed E-state index contributed by atoms with van der Waals surface area (Å²) in [7, 11) is 0. The molecule has 1 aliphatic carbocycles. The van der Waals surface area contributed by atoms with E-state index in [4.69, 9.17) is 0 Å². The minimum atomic E-state index is -1.08. The first-order valence-electron chi connectivity index (χ1n) is 8.23. The molecule has 0 saturated heterocycles. The Kier molecular flexibility index (Phi) is 4.70. The van der Waals surface area contributed by atoms with Crippen LogP contribution >= 0.6 is 0 Å². The Morgan fingerprint density at radius 1 is 0.917 bits per heavy atom.